The van der Waals surface area contributed by atoms with Crippen LogP contribution < -0.4 is 15.4 Å². The van der Waals surface area contributed by atoms with Crippen LogP contribution in [0.2, 0.25) is 0 Å². The number of urea groups is 1. The van der Waals surface area contributed by atoms with Gasteiger partial charge in [0.05, 0.1) is 12.6 Å². The summed E-state index contributed by atoms with van der Waals surface area (Å²) in [5.41, 5.74) is 0.646. The Hall–Kier alpha value is -2.62. The Bertz CT molecular complexity index is 763. The Morgan fingerprint density at radius 2 is 2.35 bits per heavy atom. The van der Waals surface area contributed by atoms with Crippen molar-refractivity contribution >= 4 is 33.5 Å². The summed E-state index contributed by atoms with van der Waals surface area (Å²) in [7, 11) is 0. The summed E-state index contributed by atoms with van der Waals surface area (Å²) >= 11 is 3.33. The highest BCUT2D eigenvalue weighted by atomic mass is 79.9. The van der Waals surface area contributed by atoms with Gasteiger partial charge >= 0.3 is 17.9 Å². The molecule has 0 unspecified atom stereocenters. The van der Waals surface area contributed by atoms with Crippen LogP contribution in [0.3, 0.4) is 0 Å². The molecule has 0 saturated heterocycles. The van der Waals surface area contributed by atoms with E-state index in [1.54, 1.807) is 18.2 Å². The predicted molar refractivity (Wildman–Crippen MR) is 84.5 cm³/mol. The molecule has 120 valence electrons. The van der Waals surface area contributed by atoms with Gasteiger partial charge in [0.25, 0.3) is 0 Å². The lowest BCUT2D eigenvalue weighted by molar-refractivity contribution is -0.389. The Labute approximate surface area is 138 Å². The largest absolute Gasteiger partial charge is 0.444 e. The number of rotatable bonds is 3. The lowest BCUT2D eigenvalue weighted by Crippen LogP contribution is -2.46. The molecule has 0 saturated carbocycles. The standard InChI is InChI=1S/C13H12BrN5O4/c14-8-2-1-3-9(4-8)15-12(20)16-10-5-18-6-11(19(21)22)17-13(18)23-7-10/h1-4,6,10H,5,7H2,(H2,15,16,20)/t10-/m0/s1. The van der Waals surface area contributed by atoms with Gasteiger partial charge in [-0.25, -0.2) is 4.79 Å². The summed E-state index contributed by atoms with van der Waals surface area (Å²) in [6.45, 7) is 0.544. The molecular formula is C13H12BrN5O4. The molecule has 2 amide bonds. The number of carbonyl (C=O) groups excluding carboxylic acids is 1. The Kier molecular flexibility index (Phi) is 4.15. The van der Waals surface area contributed by atoms with Gasteiger partial charge in [-0.1, -0.05) is 22.0 Å². The maximum Gasteiger partial charge on any atom is 0.414 e. The van der Waals surface area contributed by atoms with Crippen molar-refractivity contribution in [3.63, 3.8) is 0 Å². The van der Waals surface area contributed by atoms with Crippen LogP contribution in [0, 0.1) is 10.1 Å². The Balaban J connectivity index is 1.60. The van der Waals surface area contributed by atoms with E-state index in [-0.39, 0.29) is 30.5 Å². The van der Waals surface area contributed by atoms with E-state index in [0.29, 0.717) is 12.2 Å². The minimum atomic E-state index is -0.586. The third-order valence-electron chi connectivity index (χ3n) is 3.16. The maximum absolute atomic E-state index is 12.0. The molecule has 0 fully saturated rings. The number of nitro groups is 1. The average molecular weight is 382 g/mol. The van der Waals surface area contributed by atoms with Crippen LogP contribution in [-0.2, 0) is 6.54 Å². The number of halogens is 1. The molecule has 3 rings (SSSR count). The summed E-state index contributed by atoms with van der Waals surface area (Å²) in [4.78, 5) is 25.9. The normalized spacial score (nSPS) is 16.1. The molecule has 1 aromatic heterocycles. The second-order valence-electron chi connectivity index (χ2n) is 4.91. The monoisotopic (exact) mass is 381 g/mol. The minimum absolute atomic E-state index is 0.183. The average Bonchev–Trinajstić information content (AvgIpc) is 2.90. The first-order valence-corrected chi connectivity index (χ1v) is 7.48. The van der Waals surface area contributed by atoms with E-state index in [4.69, 9.17) is 4.74 Å². The molecule has 2 aromatic rings. The van der Waals surface area contributed by atoms with Crippen molar-refractivity contribution < 1.29 is 14.5 Å². The number of fused-ring (bicyclic) bond motifs is 1. The van der Waals surface area contributed by atoms with Crippen molar-refractivity contribution in [3.05, 3.63) is 45.0 Å². The lowest BCUT2D eigenvalue weighted by Gasteiger charge is -2.23. The quantitative estimate of drug-likeness (QED) is 0.624. The predicted octanol–water partition coefficient (Wildman–Crippen LogP) is 2.14. The van der Waals surface area contributed by atoms with Gasteiger partial charge in [0, 0.05) is 15.1 Å². The number of amides is 2. The smallest absolute Gasteiger partial charge is 0.414 e. The van der Waals surface area contributed by atoms with E-state index in [2.05, 4.69) is 31.5 Å². The zero-order valence-electron chi connectivity index (χ0n) is 11.7. The van der Waals surface area contributed by atoms with Crippen molar-refractivity contribution in [1.82, 2.24) is 14.9 Å². The van der Waals surface area contributed by atoms with E-state index < -0.39 is 4.92 Å². The molecule has 1 aromatic carbocycles. The molecular weight excluding hydrogens is 370 g/mol. The van der Waals surface area contributed by atoms with Crippen molar-refractivity contribution in [2.75, 3.05) is 11.9 Å². The van der Waals surface area contributed by atoms with Crippen LogP contribution in [0.15, 0.2) is 34.9 Å². The van der Waals surface area contributed by atoms with Crippen LogP contribution in [-0.4, -0.2) is 33.2 Å². The number of nitrogens with zero attached hydrogens (tertiary/aromatic N) is 3. The fourth-order valence-electron chi connectivity index (χ4n) is 2.19. The number of benzene rings is 1. The number of anilines is 1. The van der Waals surface area contributed by atoms with Crippen molar-refractivity contribution in [1.29, 1.82) is 0 Å². The van der Waals surface area contributed by atoms with Crippen LogP contribution in [0.25, 0.3) is 0 Å². The van der Waals surface area contributed by atoms with Crippen molar-refractivity contribution in [2.24, 2.45) is 0 Å². The number of hydrogen-bond acceptors (Lipinski definition) is 5. The van der Waals surface area contributed by atoms with Crippen LogP contribution in [0.5, 0.6) is 6.01 Å². The summed E-state index contributed by atoms with van der Waals surface area (Å²) < 4.78 is 7.69. The molecule has 0 spiro atoms. The third kappa shape index (κ3) is 3.59. The molecule has 2 N–H and O–H groups in total. The van der Waals surface area contributed by atoms with Crippen molar-refractivity contribution in [3.8, 4) is 6.01 Å². The second kappa shape index (κ2) is 6.24. The first kappa shape index (κ1) is 15.3. The molecule has 2 heterocycles. The van der Waals surface area contributed by atoms with Gasteiger partial charge in [-0.3, -0.25) is 4.57 Å². The summed E-state index contributed by atoms with van der Waals surface area (Å²) in [5, 5.41) is 16.2. The lowest BCUT2D eigenvalue weighted by atomic mass is 10.3. The topological polar surface area (TPSA) is 111 Å². The highest BCUT2D eigenvalue weighted by Gasteiger charge is 2.28. The number of ether oxygens (including phenoxy) is 1. The third-order valence-corrected chi connectivity index (χ3v) is 3.66. The second-order valence-corrected chi connectivity index (χ2v) is 5.82. The van der Waals surface area contributed by atoms with E-state index in [9.17, 15) is 14.9 Å². The van der Waals surface area contributed by atoms with Gasteiger partial charge in [-0.2, -0.15) is 0 Å². The highest BCUT2D eigenvalue weighted by Crippen LogP contribution is 2.21. The summed E-state index contributed by atoms with van der Waals surface area (Å²) in [6.07, 6.45) is 1.29. The molecule has 1 aliphatic rings. The summed E-state index contributed by atoms with van der Waals surface area (Å²) in [5.74, 6) is -0.278. The maximum atomic E-state index is 12.0. The SMILES string of the molecule is O=C(Nc1cccc(Br)c1)N[C@@H]1COc2nc([N+](=O)[O-])cn2C1. The van der Waals surface area contributed by atoms with Crippen molar-refractivity contribution in [2.45, 2.75) is 12.6 Å². The first-order chi connectivity index (χ1) is 11.0. The molecule has 0 bridgehead atoms. The van der Waals surface area contributed by atoms with Gasteiger partial charge in [0.15, 0.2) is 0 Å². The first-order valence-electron chi connectivity index (χ1n) is 6.69. The van der Waals surface area contributed by atoms with Gasteiger partial charge in [-0.15, -0.1) is 0 Å². The van der Waals surface area contributed by atoms with Gasteiger partial charge in [0.1, 0.15) is 12.8 Å². The highest BCUT2D eigenvalue weighted by molar-refractivity contribution is 9.10. The number of imidazole rings is 1. The van der Waals surface area contributed by atoms with Gasteiger partial charge in [0.2, 0.25) is 0 Å². The molecule has 0 radical (unpaired) electrons. The number of aromatic nitrogens is 2. The van der Waals surface area contributed by atoms with Crippen LogP contribution in [0.1, 0.15) is 0 Å². The van der Waals surface area contributed by atoms with E-state index in [1.165, 1.54) is 10.8 Å². The molecule has 1 atom stereocenters. The zero-order valence-corrected chi connectivity index (χ0v) is 13.3. The van der Waals surface area contributed by atoms with Crippen LogP contribution in [0.4, 0.5) is 16.3 Å². The van der Waals surface area contributed by atoms with E-state index in [1.807, 2.05) is 6.07 Å². The molecule has 10 heteroatoms. The van der Waals surface area contributed by atoms with E-state index >= 15 is 0 Å². The Morgan fingerprint density at radius 3 is 3.09 bits per heavy atom. The van der Waals surface area contributed by atoms with Crippen LogP contribution >= 0.6 is 15.9 Å². The zero-order chi connectivity index (χ0) is 16.4. The fourth-order valence-corrected chi connectivity index (χ4v) is 2.59. The van der Waals surface area contributed by atoms with Gasteiger partial charge in [-0.05, 0) is 23.1 Å². The molecule has 23 heavy (non-hydrogen) atoms. The number of carbonyl (C=O) groups is 1. The van der Waals surface area contributed by atoms with E-state index in [0.717, 1.165) is 4.47 Å². The Morgan fingerprint density at radius 1 is 1.52 bits per heavy atom. The minimum Gasteiger partial charge on any atom is -0.444 e. The summed E-state index contributed by atoms with van der Waals surface area (Å²) in [6, 6.07) is 6.68. The molecule has 1 aliphatic heterocycles. The molecule has 9 nitrogen and oxygen atoms in total. The number of nitrogens with one attached hydrogen (secondary N) is 2. The van der Waals surface area contributed by atoms with Gasteiger partial charge < -0.3 is 25.5 Å². The molecule has 0 aliphatic carbocycles. The fraction of sp³-hybridized carbons (Fsp3) is 0.231. The number of hydrogen-bond donors (Lipinski definition) is 2.